The standard InChI is InChI=1S/C15H12O4/c1-18-15(17)19-14(16)13-9-5-8-12(10-13)11-6-3-2-4-7-11/h2-10H,1H3. The molecule has 96 valence electrons. The van der Waals surface area contributed by atoms with Crippen LogP contribution in [-0.2, 0) is 9.47 Å². The van der Waals surface area contributed by atoms with Crippen molar-refractivity contribution >= 4 is 12.1 Å². The molecule has 0 amide bonds. The third kappa shape index (κ3) is 3.19. The van der Waals surface area contributed by atoms with Gasteiger partial charge in [0, 0.05) is 0 Å². The predicted octanol–water partition coefficient (Wildman–Crippen LogP) is 3.28. The van der Waals surface area contributed by atoms with Crippen LogP contribution in [-0.4, -0.2) is 19.2 Å². The average Bonchev–Trinajstić information content (AvgIpc) is 2.48. The number of methoxy groups -OCH3 is 1. The molecule has 0 saturated heterocycles. The molecule has 2 aromatic carbocycles. The van der Waals surface area contributed by atoms with Crippen molar-refractivity contribution in [1.82, 2.24) is 0 Å². The van der Waals surface area contributed by atoms with Crippen LogP contribution in [0.2, 0.25) is 0 Å². The topological polar surface area (TPSA) is 52.6 Å². The Morgan fingerprint density at radius 3 is 2.26 bits per heavy atom. The van der Waals surface area contributed by atoms with Crippen molar-refractivity contribution in [3.05, 3.63) is 60.2 Å². The van der Waals surface area contributed by atoms with Gasteiger partial charge in [-0.25, -0.2) is 9.59 Å². The molecule has 2 rings (SSSR count). The van der Waals surface area contributed by atoms with Gasteiger partial charge in [0.15, 0.2) is 0 Å². The highest BCUT2D eigenvalue weighted by atomic mass is 16.7. The molecule has 0 aliphatic carbocycles. The predicted molar refractivity (Wildman–Crippen MR) is 69.7 cm³/mol. The summed E-state index contributed by atoms with van der Waals surface area (Å²) in [6.07, 6.45) is -1.02. The van der Waals surface area contributed by atoms with Crippen molar-refractivity contribution in [2.24, 2.45) is 0 Å². The minimum Gasteiger partial charge on any atom is -0.437 e. The Morgan fingerprint density at radius 1 is 0.895 bits per heavy atom. The lowest BCUT2D eigenvalue weighted by molar-refractivity contribution is 0.0452. The molecule has 19 heavy (non-hydrogen) atoms. The van der Waals surface area contributed by atoms with Crippen molar-refractivity contribution in [3.8, 4) is 11.1 Å². The van der Waals surface area contributed by atoms with Gasteiger partial charge in [-0.3, -0.25) is 0 Å². The van der Waals surface area contributed by atoms with Gasteiger partial charge in [0.05, 0.1) is 12.7 Å². The summed E-state index contributed by atoms with van der Waals surface area (Å²) < 4.78 is 8.75. The Bertz CT molecular complexity index is 590. The van der Waals surface area contributed by atoms with E-state index >= 15 is 0 Å². The normalized spacial score (nSPS) is 9.74. The highest BCUT2D eigenvalue weighted by Crippen LogP contribution is 2.20. The molecular formula is C15H12O4. The number of rotatable bonds is 2. The van der Waals surface area contributed by atoms with Gasteiger partial charge in [0.2, 0.25) is 0 Å². The van der Waals surface area contributed by atoms with E-state index in [1.165, 1.54) is 0 Å². The van der Waals surface area contributed by atoms with Crippen LogP contribution in [0.1, 0.15) is 10.4 Å². The summed E-state index contributed by atoms with van der Waals surface area (Å²) in [6, 6.07) is 16.5. The number of esters is 1. The third-order valence-electron chi connectivity index (χ3n) is 2.55. The Kier molecular flexibility index (Phi) is 3.93. The molecule has 0 bridgehead atoms. The molecule has 4 nitrogen and oxygen atoms in total. The first-order valence-corrected chi connectivity index (χ1v) is 5.66. The molecule has 0 aromatic heterocycles. The molecule has 0 saturated carbocycles. The van der Waals surface area contributed by atoms with E-state index in [9.17, 15) is 9.59 Å². The Morgan fingerprint density at radius 2 is 1.58 bits per heavy atom. The van der Waals surface area contributed by atoms with Crippen LogP contribution < -0.4 is 0 Å². The first-order valence-electron chi connectivity index (χ1n) is 5.66. The maximum Gasteiger partial charge on any atom is 0.516 e. The average molecular weight is 256 g/mol. The summed E-state index contributed by atoms with van der Waals surface area (Å²) in [5.74, 6) is -0.732. The van der Waals surface area contributed by atoms with Gasteiger partial charge in [0.25, 0.3) is 0 Å². The van der Waals surface area contributed by atoms with E-state index < -0.39 is 12.1 Å². The van der Waals surface area contributed by atoms with Crippen molar-refractivity contribution in [2.45, 2.75) is 0 Å². The molecule has 0 N–H and O–H groups in total. The zero-order valence-electron chi connectivity index (χ0n) is 10.3. The molecule has 0 spiro atoms. The summed E-state index contributed by atoms with van der Waals surface area (Å²) in [6.45, 7) is 0. The number of ether oxygens (including phenoxy) is 2. The second-order valence-electron chi connectivity index (χ2n) is 3.79. The first-order chi connectivity index (χ1) is 9.20. The van der Waals surface area contributed by atoms with Crippen LogP contribution in [0.4, 0.5) is 4.79 Å². The van der Waals surface area contributed by atoms with Gasteiger partial charge < -0.3 is 9.47 Å². The summed E-state index contributed by atoms with van der Waals surface area (Å²) in [4.78, 5) is 22.6. The SMILES string of the molecule is COC(=O)OC(=O)c1cccc(-c2ccccc2)c1. The van der Waals surface area contributed by atoms with Gasteiger partial charge >= 0.3 is 12.1 Å². The zero-order valence-corrected chi connectivity index (χ0v) is 10.3. The Hall–Kier alpha value is -2.62. The summed E-state index contributed by atoms with van der Waals surface area (Å²) in [7, 11) is 1.15. The van der Waals surface area contributed by atoms with E-state index in [1.54, 1.807) is 18.2 Å². The van der Waals surface area contributed by atoms with Crippen LogP contribution in [0, 0.1) is 0 Å². The molecule has 0 fully saturated rings. The fraction of sp³-hybridized carbons (Fsp3) is 0.0667. The van der Waals surface area contributed by atoms with Crippen LogP contribution in [0.25, 0.3) is 11.1 Å². The molecule has 0 aliphatic heterocycles. The molecule has 0 aliphatic rings. The molecule has 2 aromatic rings. The molecule has 0 unspecified atom stereocenters. The van der Waals surface area contributed by atoms with E-state index in [0.717, 1.165) is 18.2 Å². The van der Waals surface area contributed by atoms with Crippen molar-refractivity contribution in [3.63, 3.8) is 0 Å². The van der Waals surface area contributed by atoms with E-state index in [-0.39, 0.29) is 0 Å². The lowest BCUT2D eigenvalue weighted by Crippen LogP contribution is -2.12. The Balaban J connectivity index is 2.25. The van der Waals surface area contributed by atoms with Crippen LogP contribution in [0.15, 0.2) is 54.6 Å². The maximum atomic E-state index is 11.7. The van der Waals surface area contributed by atoms with Gasteiger partial charge in [-0.2, -0.15) is 0 Å². The van der Waals surface area contributed by atoms with E-state index in [2.05, 4.69) is 9.47 Å². The fourth-order valence-electron chi connectivity index (χ4n) is 1.63. The highest BCUT2D eigenvalue weighted by molar-refractivity contribution is 5.96. The molecule has 4 heteroatoms. The minimum atomic E-state index is -1.02. The van der Waals surface area contributed by atoms with Crippen LogP contribution in [0.3, 0.4) is 0 Å². The lowest BCUT2D eigenvalue weighted by Gasteiger charge is -2.04. The minimum absolute atomic E-state index is 0.298. The van der Waals surface area contributed by atoms with Crippen molar-refractivity contribution in [1.29, 1.82) is 0 Å². The van der Waals surface area contributed by atoms with Gasteiger partial charge in [-0.1, -0.05) is 42.5 Å². The number of carbonyl (C=O) groups is 2. The van der Waals surface area contributed by atoms with E-state index in [1.807, 2.05) is 36.4 Å². The highest BCUT2D eigenvalue weighted by Gasteiger charge is 2.13. The zero-order chi connectivity index (χ0) is 13.7. The molecular weight excluding hydrogens is 244 g/mol. The smallest absolute Gasteiger partial charge is 0.437 e. The van der Waals surface area contributed by atoms with Crippen molar-refractivity contribution < 1.29 is 19.1 Å². The number of carbonyl (C=O) groups excluding carboxylic acids is 2. The largest absolute Gasteiger partial charge is 0.516 e. The van der Waals surface area contributed by atoms with Crippen molar-refractivity contribution in [2.75, 3.05) is 7.11 Å². The number of hydrogen-bond acceptors (Lipinski definition) is 4. The number of hydrogen-bond donors (Lipinski definition) is 0. The quantitative estimate of drug-likeness (QED) is 0.611. The molecule has 0 heterocycles. The molecule has 0 atom stereocenters. The van der Waals surface area contributed by atoms with Crippen LogP contribution in [0.5, 0.6) is 0 Å². The van der Waals surface area contributed by atoms with E-state index in [4.69, 9.17) is 0 Å². The maximum absolute atomic E-state index is 11.7. The van der Waals surface area contributed by atoms with Gasteiger partial charge in [0.1, 0.15) is 0 Å². The third-order valence-corrected chi connectivity index (χ3v) is 2.55. The van der Waals surface area contributed by atoms with Crippen LogP contribution >= 0.6 is 0 Å². The number of benzene rings is 2. The lowest BCUT2D eigenvalue weighted by atomic mass is 10.0. The second-order valence-corrected chi connectivity index (χ2v) is 3.79. The Labute approximate surface area is 110 Å². The second kappa shape index (κ2) is 5.82. The molecule has 0 radical (unpaired) electrons. The fourth-order valence-corrected chi connectivity index (χ4v) is 1.63. The summed E-state index contributed by atoms with van der Waals surface area (Å²) in [5, 5.41) is 0. The summed E-state index contributed by atoms with van der Waals surface area (Å²) in [5.41, 5.74) is 2.15. The summed E-state index contributed by atoms with van der Waals surface area (Å²) >= 11 is 0. The van der Waals surface area contributed by atoms with Gasteiger partial charge in [-0.15, -0.1) is 0 Å². The van der Waals surface area contributed by atoms with Gasteiger partial charge in [-0.05, 0) is 23.3 Å². The first kappa shape index (κ1) is 12.8. The van der Waals surface area contributed by atoms with E-state index in [0.29, 0.717) is 5.56 Å². The monoisotopic (exact) mass is 256 g/mol.